The maximum Gasteiger partial charge on any atom is 0.329 e. The molecule has 0 atom stereocenters. The molecule has 0 saturated heterocycles. The van der Waals surface area contributed by atoms with E-state index in [1.807, 2.05) is 56.3 Å². The Bertz CT molecular complexity index is 994. The molecule has 2 aromatic heterocycles. The lowest BCUT2D eigenvalue weighted by Gasteiger charge is -2.08. The van der Waals surface area contributed by atoms with E-state index in [-0.39, 0.29) is 6.54 Å². The fraction of sp³-hybridized carbons (Fsp3) is 0.143. The quantitative estimate of drug-likeness (QED) is 0.407. The van der Waals surface area contributed by atoms with Gasteiger partial charge in [-0.15, -0.1) is 0 Å². The molecule has 0 aliphatic rings. The molecular formula is C21H21N5O2. The second kappa shape index (κ2) is 8.77. The zero-order chi connectivity index (χ0) is 19.9. The van der Waals surface area contributed by atoms with E-state index < -0.39 is 11.8 Å². The summed E-state index contributed by atoms with van der Waals surface area (Å²) in [5, 5.41) is 6.44. The molecule has 1 aromatic carbocycles. The van der Waals surface area contributed by atoms with Gasteiger partial charge in [0, 0.05) is 41.6 Å². The topological polar surface area (TPSA) is 88.4 Å². The number of carbonyl (C=O) groups is 2. The Morgan fingerprint density at radius 3 is 2.61 bits per heavy atom. The molecule has 3 rings (SSSR count). The van der Waals surface area contributed by atoms with Gasteiger partial charge >= 0.3 is 11.8 Å². The average Bonchev–Trinajstić information content (AvgIpc) is 3.00. The van der Waals surface area contributed by atoms with Crippen molar-refractivity contribution >= 4 is 18.0 Å². The van der Waals surface area contributed by atoms with Gasteiger partial charge in [-0.05, 0) is 43.7 Å². The predicted octanol–water partition coefficient (Wildman–Crippen LogP) is 2.26. The fourth-order valence-electron chi connectivity index (χ4n) is 2.87. The maximum absolute atomic E-state index is 11.9. The molecule has 0 fully saturated rings. The van der Waals surface area contributed by atoms with Gasteiger partial charge < -0.3 is 9.88 Å². The van der Waals surface area contributed by atoms with Crippen LogP contribution in [0.15, 0.2) is 66.0 Å². The van der Waals surface area contributed by atoms with Gasteiger partial charge in [0.1, 0.15) is 0 Å². The summed E-state index contributed by atoms with van der Waals surface area (Å²) in [6.45, 7) is 4.20. The summed E-state index contributed by atoms with van der Waals surface area (Å²) in [4.78, 5) is 27.7. The first-order valence-electron chi connectivity index (χ1n) is 8.81. The molecule has 0 radical (unpaired) electrons. The van der Waals surface area contributed by atoms with E-state index in [0.29, 0.717) is 0 Å². The molecule has 0 aliphatic carbocycles. The Morgan fingerprint density at radius 1 is 1.11 bits per heavy atom. The molecule has 0 saturated carbocycles. The van der Waals surface area contributed by atoms with Crippen molar-refractivity contribution in [2.45, 2.75) is 20.4 Å². The van der Waals surface area contributed by atoms with Gasteiger partial charge in [-0.25, -0.2) is 5.43 Å². The molecule has 142 valence electrons. The van der Waals surface area contributed by atoms with Crippen LogP contribution >= 0.6 is 0 Å². The smallest absolute Gasteiger partial charge is 0.329 e. The van der Waals surface area contributed by atoms with Gasteiger partial charge in [0.15, 0.2) is 0 Å². The molecule has 0 unspecified atom stereocenters. The Balaban J connectivity index is 1.60. The largest absolute Gasteiger partial charge is 0.344 e. The summed E-state index contributed by atoms with van der Waals surface area (Å²) in [7, 11) is 0. The van der Waals surface area contributed by atoms with Crippen LogP contribution in [0.5, 0.6) is 0 Å². The number of aryl methyl sites for hydroxylation is 1. The van der Waals surface area contributed by atoms with Crippen LogP contribution in [0.3, 0.4) is 0 Å². The highest BCUT2D eigenvalue weighted by Gasteiger charge is 2.13. The molecule has 3 aromatic rings. The molecule has 0 aliphatic heterocycles. The number of nitrogens with one attached hydrogen (secondary N) is 2. The molecule has 7 heteroatoms. The Hall–Kier alpha value is -3.74. The minimum atomic E-state index is -0.822. The lowest BCUT2D eigenvalue weighted by atomic mass is 10.2. The number of carbonyl (C=O) groups excluding carboxylic acids is 2. The second-order valence-electron chi connectivity index (χ2n) is 6.24. The van der Waals surface area contributed by atoms with Crippen LogP contribution in [0, 0.1) is 13.8 Å². The highest BCUT2D eigenvalue weighted by molar-refractivity contribution is 6.35. The van der Waals surface area contributed by atoms with Crippen molar-refractivity contribution < 1.29 is 9.59 Å². The normalized spacial score (nSPS) is 10.8. The number of hydrazone groups is 1. The van der Waals surface area contributed by atoms with E-state index in [0.717, 1.165) is 28.2 Å². The summed E-state index contributed by atoms with van der Waals surface area (Å²) >= 11 is 0. The van der Waals surface area contributed by atoms with Crippen LogP contribution in [0.1, 0.15) is 22.5 Å². The van der Waals surface area contributed by atoms with Gasteiger partial charge in [0.2, 0.25) is 0 Å². The number of rotatable bonds is 5. The Morgan fingerprint density at radius 2 is 1.89 bits per heavy atom. The first-order valence-corrected chi connectivity index (χ1v) is 8.81. The van der Waals surface area contributed by atoms with Crippen molar-refractivity contribution in [1.82, 2.24) is 20.3 Å². The SMILES string of the molecule is Cc1cc(/C=N\NC(=O)C(=O)NCc2cccnc2)c(C)n1-c1ccccc1. The zero-order valence-corrected chi connectivity index (χ0v) is 15.7. The molecular weight excluding hydrogens is 354 g/mol. The summed E-state index contributed by atoms with van der Waals surface area (Å²) < 4.78 is 2.10. The van der Waals surface area contributed by atoms with Gasteiger partial charge in [-0.2, -0.15) is 5.10 Å². The van der Waals surface area contributed by atoms with E-state index in [4.69, 9.17) is 0 Å². The average molecular weight is 375 g/mol. The maximum atomic E-state index is 11.9. The van der Waals surface area contributed by atoms with E-state index in [2.05, 4.69) is 25.4 Å². The number of nitrogens with zero attached hydrogens (tertiary/aromatic N) is 3. The lowest BCUT2D eigenvalue weighted by molar-refractivity contribution is -0.139. The highest BCUT2D eigenvalue weighted by Crippen LogP contribution is 2.19. The third kappa shape index (κ3) is 4.50. The van der Waals surface area contributed by atoms with Gasteiger partial charge in [-0.3, -0.25) is 14.6 Å². The summed E-state index contributed by atoms with van der Waals surface area (Å²) in [5.41, 5.74) is 7.01. The van der Waals surface area contributed by atoms with Crippen molar-refractivity contribution in [3.63, 3.8) is 0 Å². The fourth-order valence-corrected chi connectivity index (χ4v) is 2.87. The highest BCUT2D eigenvalue weighted by atomic mass is 16.2. The molecule has 2 heterocycles. The first-order chi connectivity index (χ1) is 13.6. The number of hydrogen-bond donors (Lipinski definition) is 2. The van der Waals surface area contributed by atoms with Gasteiger partial charge in [-0.1, -0.05) is 24.3 Å². The molecule has 0 spiro atoms. The third-order valence-electron chi connectivity index (χ3n) is 4.24. The molecule has 2 N–H and O–H groups in total. The van der Waals surface area contributed by atoms with Crippen LogP contribution in [0.4, 0.5) is 0 Å². The monoisotopic (exact) mass is 375 g/mol. The van der Waals surface area contributed by atoms with Crippen molar-refractivity contribution in [2.75, 3.05) is 0 Å². The summed E-state index contributed by atoms with van der Waals surface area (Å²) in [6, 6.07) is 15.5. The second-order valence-corrected chi connectivity index (χ2v) is 6.24. The molecule has 2 amide bonds. The van der Waals surface area contributed by atoms with Crippen molar-refractivity contribution in [1.29, 1.82) is 0 Å². The Kier molecular flexibility index (Phi) is 5.96. The van der Waals surface area contributed by atoms with Crippen LogP contribution in [0.2, 0.25) is 0 Å². The number of benzene rings is 1. The number of hydrogen-bond acceptors (Lipinski definition) is 4. The van der Waals surface area contributed by atoms with Gasteiger partial charge in [0.05, 0.1) is 6.21 Å². The van der Waals surface area contributed by atoms with Crippen LogP contribution < -0.4 is 10.7 Å². The van der Waals surface area contributed by atoms with Crippen LogP contribution in [0.25, 0.3) is 5.69 Å². The number of pyridine rings is 1. The number of amides is 2. The third-order valence-corrected chi connectivity index (χ3v) is 4.24. The van der Waals surface area contributed by atoms with Crippen molar-refractivity contribution in [3.8, 4) is 5.69 Å². The number of para-hydroxylation sites is 1. The van der Waals surface area contributed by atoms with Gasteiger partial charge in [0.25, 0.3) is 0 Å². The first kappa shape index (κ1) is 19.0. The Labute approximate surface area is 163 Å². The van der Waals surface area contributed by atoms with E-state index >= 15 is 0 Å². The zero-order valence-electron chi connectivity index (χ0n) is 15.7. The summed E-state index contributed by atoms with van der Waals surface area (Å²) in [6.07, 6.45) is 4.80. The summed E-state index contributed by atoms with van der Waals surface area (Å²) in [5.74, 6) is -1.58. The molecule has 7 nitrogen and oxygen atoms in total. The van der Waals surface area contributed by atoms with E-state index in [1.165, 1.54) is 6.21 Å². The molecule has 28 heavy (non-hydrogen) atoms. The minimum Gasteiger partial charge on any atom is -0.344 e. The predicted molar refractivity (Wildman–Crippen MR) is 107 cm³/mol. The van der Waals surface area contributed by atoms with Crippen molar-refractivity contribution in [2.24, 2.45) is 5.10 Å². The molecule has 0 bridgehead atoms. The van der Waals surface area contributed by atoms with E-state index in [9.17, 15) is 9.59 Å². The minimum absolute atomic E-state index is 0.224. The van der Waals surface area contributed by atoms with Crippen molar-refractivity contribution in [3.05, 3.63) is 83.4 Å². The standard InChI is InChI=1S/C21H21N5O2/c1-15-11-18(16(2)26(15)19-8-4-3-5-9-19)14-24-25-21(28)20(27)23-13-17-7-6-10-22-12-17/h3-12,14H,13H2,1-2H3,(H,23,27)(H,25,28)/b24-14-. The number of aromatic nitrogens is 2. The van der Waals surface area contributed by atoms with Crippen LogP contribution in [-0.4, -0.2) is 27.6 Å². The van der Waals surface area contributed by atoms with Crippen LogP contribution in [-0.2, 0) is 16.1 Å². The van der Waals surface area contributed by atoms with E-state index in [1.54, 1.807) is 18.5 Å². The lowest BCUT2D eigenvalue weighted by Crippen LogP contribution is -2.37.